The van der Waals surface area contributed by atoms with Crippen molar-refractivity contribution in [3.05, 3.63) is 76.5 Å². The first-order chi connectivity index (χ1) is 20.5. The van der Waals surface area contributed by atoms with E-state index in [4.69, 9.17) is 9.15 Å². The first kappa shape index (κ1) is 31.0. The fraction of sp³-hybridized carbons (Fsp3) is 0.303. The molecular weight excluding hydrogens is 554 g/mol. The predicted molar refractivity (Wildman–Crippen MR) is 159 cm³/mol. The lowest BCUT2D eigenvalue weighted by Crippen LogP contribution is -2.58. The molecule has 1 amide bonds. The standard InChI is InChI=1S/C20H12O5.C13H21NO4/c21-11-5-7-15-17(9-11)25-18-10-12(22)6-8-16(18)19(15)13-3-1-2-4-14(13)20(23)24;1-9(15)7-5-3-4-6-8-11(16)14-12-10(2)18-13(12)17/h1-10,21H,(H,23,24);10,12H,3-8H2,1-2H3,(H,14,16)/t;10-,12+/m.1/s1. The van der Waals surface area contributed by atoms with Crippen molar-refractivity contribution in [2.45, 2.75) is 64.5 Å². The number of phenolic OH excluding ortho intramolecular Hbond substituents is 1. The molecule has 2 atom stereocenters. The lowest BCUT2D eigenvalue weighted by molar-refractivity contribution is -0.176. The molecule has 0 saturated carbocycles. The van der Waals surface area contributed by atoms with Crippen molar-refractivity contribution in [1.29, 1.82) is 0 Å². The fourth-order valence-corrected chi connectivity index (χ4v) is 4.92. The number of ether oxygens (including phenoxy) is 1. The van der Waals surface area contributed by atoms with Gasteiger partial charge in [-0.05, 0) is 62.6 Å². The van der Waals surface area contributed by atoms with E-state index in [1.165, 1.54) is 30.3 Å². The average Bonchev–Trinajstić information content (AvgIpc) is 2.96. The van der Waals surface area contributed by atoms with Crippen molar-refractivity contribution in [3.63, 3.8) is 0 Å². The molecule has 0 radical (unpaired) electrons. The maximum absolute atomic E-state index is 11.7. The average molecular weight is 588 g/mol. The van der Waals surface area contributed by atoms with Crippen molar-refractivity contribution >= 4 is 34.6 Å². The third-order valence-electron chi connectivity index (χ3n) is 7.13. The van der Waals surface area contributed by atoms with Crippen LogP contribution in [0.15, 0.2) is 69.9 Å². The Labute approximate surface area is 247 Å². The third kappa shape index (κ3) is 7.65. The normalized spacial score (nSPS) is 15.6. The molecular formula is C33H33NO9. The summed E-state index contributed by atoms with van der Waals surface area (Å²) in [7, 11) is 0. The number of ketones is 1. The van der Waals surface area contributed by atoms with Gasteiger partial charge in [-0.3, -0.25) is 9.59 Å². The minimum Gasteiger partial charge on any atom is -0.508 e. The first-order valence-corrected chi connectivity index (χ1v) is 14.1. The zero-order chi connectivity index (χ0) is 31.1. The highest BCUT2D eigenvalue weighted by molar-refractivity contribution is 6.07. The highest BCUT2D eigenvalue weighted by atomic mass is 16.6. The van der Waals surface area contributed by atoms with Crippen LogP contribution in [0.1, 0.15) is 62.7 Å². The van der Waals surface area contributed by atoms with Gasteiger partial charge in [0, 0.05) is 41.5 Å². The molecule has 3 N–H and O–H groups in total. The second kappa shape index (κ2) is 13.8. The SMILES string of the molecule is CC(=O)CCCCCCC(=O)N[C@@H]1C(=O)O[C@@H]1C.O=C(O)c1ccccc1-c1c2ccc(=O)cc-2oc2cc(O)ccc12. The molecule has 3 aliphatic rings. The number of fused-ring (bicyclic) bond motifs is 2. The van der Waals surface area contributed by atoms with Gasteiger partial charge in [-0.1, -0.05) is 31.0 Å². The minimum atomic E-state index is -1.04. The first-order valence-electron chi connectivity index (χ1n) is 14.1. The van der Waals surface area contributed by atoms with E-state index in [1.54, 1.807) is 44.2 Å². The van der Waals surface area contributed by atoms with Crippen molar-refractivity contribution < 1.29 is 38.5 Å². The van der Waals surface area contributed by atoms with Gasteiger partial charge in [0.15, 0.2) is 11.5 Å². The molecule has 1 fully saturated rings. The van der Waals surface area contributed by atoms with Gasteiger partial charge in [-0.25, -0.2) is 9.59 Å². The van der Waals surface area contributed by atoms with Crippen LogP contribution in [0.2, 0.25) is 0 Å². The van der Waals surface area contributed by atoms with E-state index in [9.17, 15) is 34.2 Å². The van der Waals surface area contributed by atoms with E-state index in [0.717, 1.165) is 25.7 Å². The molecule has 2 aromatic carbocycles. The molecule has 1 saturated heterocycles. The zero-order valence-corrected chi connectivity index (χ0v) is 23.9. The van der Waals surface area contributed by atoms with E-state index in [-0.39, 0.29) is 40.5 Å². The van der Waals surface area contributed by atoms with E-state index in [0.29, 0.717) is 46.3 Å². The molecule has 0 unspecified atom stereocenters. The van der Waals surface area contributed by atoms with Crippen LogP contribution in [0.4, 0.5) is 0 Å². The Morgan fingerprint density at radius 2 is 1.60 bits per heavy atom. The number of Topliss-reactive ketones (excluding diaryl/α,β-unsaturated/α-hetero) is 1. The lowest BCUT2D eigenvalue weighted by atomic mass is 9.91. The van der Waals surface area contributed by atoms with Crippen LogP contribution < -0.4 is 10.7 Å². The van der Waals surface area contributed by atoms with Gasteiger partial charge in [0.25, 0.3) is 0 Å². The van der Waals surface area contributed by atoms with Crippen LogP contribution in [-0.2, 0) is 19.1 Å². The topological polar surface area (TPSA) is 160 Å². The summed E-state index contributed by atoms with van der Waals surface area (Å²) >= 11 is 0. The van der Waals surface area contributed by atoms with Gasteiger partial charge >= 0.3 is 11.9 Å². The monoisotopic (exact) mass is 587 g/mol. The Morgan fingerprint density at radius 3 is 2.28 bits per heavy atom. The summed E-state index contributed by atoms with van der Waals surface area (Å²) in [4.78, 5) is 56.6. The molecule has 43 heavy (non-hydrogen) atoms. The number of amides is 1. The molecule has 2 aromatic rings. The number of carboxylic acids is 1. The highest BCUT2D eigenvalue weighted by Gasteiger charge is 2.39. The summed E-state index contributed by atoms with van der Waals surface area (Å²) in [6.45, 7) is 3.35. The summed E-state index contributed by atoms with van der Waals surface area (Å²) < 4.78 is 10.5. The Balaban J connectivity index is 0.000000209. The van der Waals surface area contributed by atoms with Gasteiger partial charge in [0.05, 0.1) is 5.56 Å². The number of hydrogen-bond acceptors (Lipinski definition) is 8. The summed E-state index contributed by atoms with van der Waals surface area (Å²) in [5.74, 6) is -0.929. The molecule has 2 aliphatic heterocycles. The predicted octanol–water partition coefficient (Wildman–Crippen LogP) is 5.31. The number of aromatic carboxylic acids is 1. The van der Waals surface area contributed by atoms with Crippen molar-refractivity contribution in [1.82, 2.24) is 5.32 Å². The summed E-state index contributed by atoms with van der Waals surface area (Å²) in [6.07, 6.45) is 4.42. The Kier molecular flexibility index (Phi) is 9.92. The van der Waals surface area contributed by atoms with Crippen LogP contribution in [0.5, 0.6) is 5.75 Å². The van der Waals surface area contributed by atoms with E-state index in [2.05, 4.69) is 5.32 Å². The van der Waals surface area contributed by atoms with Gasteiger partial charge in [-0.2, -0.15) is 0 Å². The van der Waals surface area contributed by atoms with Crippen LogP contribution in [-0.4, -0.2) is 46.0 Å². The number of aromatic hydroxyl groups is 1. The number of hydrogen-bond donors (Lipinski definition) is 3. The molecule has 5 rings (SSSR count). The smallest absolute Gasteiger partial charge is 0.336 e. The number of cyclic esters (lactones) is 1. The van der Waals surface area contributed by atoms with Crippen molar-refractivity contribution in [2.24, 2.45) is 0 Å². The maximum Gasteiger partial charge on any atom is 0.336 e. The van der Waals surface area contributed by atoms with Crippen molar-refractivity contribution in [2.75, 3.05) is 0 Å². The van der Waals surface area contributed by atoms with E-state index in [1.807, 2.05) is 0 Å². The molecule has 1 aliphatic carbocycles. The highest BCUT2D eigenvalue weighted by Crippen LogP contribution is 2.41. The third-order valence-corrected chi connectivity index (χ3v) is 7.13. The number of rotatable bonds is 10. The number of carbonyl (C=O) groups excluding carboxylic acids is 3. The number of unbranched alkanes of at least 4 members (excludes halogenated alkanes) is 3. The summed E-state index contributed by atoms with van der Waals surface area (Å²) in [5, 5.41) is 22.6. The van der Waals surface area contributed by atoms with E-state index >= 15 is 0 Å². The minimum absolute atomic E-state index is 0.0198. The number of carbonyl (C=O) groups is 4. The Hall–Kier alpha value is -4.99. The Bertz CT molecular complexity index is 1690. The van der Waals surface area contributed by atoms with Crippen LogP contribution in [0, 0.1) is 0 Å². The second-order valence-electron chi connectivity index (χ2n) is 10.5. The number of benzene rings is 3. The molecule has 0 spiro atoms. The van der Waals surface area contributed by atoms with Crippen LogP contribution >= 0.6 is 0 Å². The van der Waals surface area contributed by atoms with Gasteiger partial charge in [-0.15, -0.1) is 0 Å². The number of phenols is 1. The molecule has 10 nitrogen and oxygen atoms in total. The maximum atomic E-state index is 11.7. The second-order valence-corrected chi connectivity index (χ2v) is 10.5. The largest absolute Gasteiger partial charge is 0.508 e. The van der Waals surface area contributed by atoms with Gasteiger partial charge in [0.2, 0.25) is 5.91 Å². The van der Waals surface area contributed by atoms with Gasteiger partial charge in [0.1, 0.15) is 29.0 Å². The van der Waals surface area contributed by atoms with Crippen LogP contribution in [0.25, 0.3) is 33.4 Å². The fourth-order valence-electron chi connectivity index (χ4n) is 4.92. The zero-order valence-electron chi connectivity index (χ0n) is 23.9. The number of nitrogens with one attached hydrogen (secondary N) is 1. The van der Waals surface area contributed by atoms with Crippen molar-refractivity contribution in [3.8, 4) is 28.2 Å². The summed E-state index contributed by atoms with van der Waals surface area (Å²) in [6, 6.07) is 15.2. The quantitative estimate of drug-likeness (QED) is 0.127. The molecule has 0 bridgehead atoms. The summed E-state index contributed by atoms with van der Waals surface area (Å²) in [5.41, 5.74) is 2.10. The number of esters is 1. The number of carboxylic acid groups (broad SMARTS) is 1. The van der Waals surface area contributed by atoms with Crippen LogP contribution in [0.3, 0.4) is 0 Å². The molecule has 10 heteroatoms. The molecule has 0 aromatic heterocycles. The van der Waals surface area contributed by atoms with Gasteiger partial charge < -0.3 is 29.5 Å². The lowest BCUT2D eigenvalue weighted by Gasteiger charge is -2.32. The Morgan fingerprint density at radius 1 is 0.884 bits per heavy atom. The molecule has 224 valence electrons. The molecule has 2 heterocycles. The van der Waals surface area contributed by atoms with E-state index < -0.39 is 12.0 Å².